The van der Waals surface area contributed by atoms with E-state index in [2.05, 4.69) is 0 Å². The Morgan fingerprint density at radius 1 is 0.667 bits per heavy atom. The van der Waals surface area contributed by atoms with Gasteiger partial charge in [-0.1, -0.05) is 6.07 Å². The quantitative estimate of drug-likeness (QED) is 0.134. The molecule has 0 unspecified atom stereocenters. The van der Waals surface area contributed by atoms with Crippen LogP contribution in [-0.2, 0) is 28.7 Å². The predicted molar refractivity (Wildman–Crippen MR) is 157 cm³/mol. The van der Waals surface area contributed by atoms with Crippen molar-refractivity contribution in [3.05, 3.63) is 75.9 Å². The van der Waals surface area contributed by atoms with E-state index in [1.165, 1.54) is 6.07 Å². The SMILES string of the molecule is O=C(O)C1=C[C@@H](O)[C@@H](O)[C@H](OC(=O)C2=Cc3cc(O)c(O)cc3[C@@H](c3ccc(O)c(O)c3)[C@@H]2C(=O)O[C@@H]2CC(C(=O)O)=C[C@@H](O)[C@H]2O)C1. The zero-order valence-electron chi connectivity index (χ0n) is 24.6. The maximum absolute atomic E-state index is 14.1. The Morgan fingerprint density at radius 3 is 1.73 bits per heavy atom. The van der Waals surface area contributed by atoms with Crippen molar-refractivity contribution in [2.45, 2.75) is 55.4 Å². The van der Waals surface area contributed by atoms with Crippen LogP contribution < -0.4 is 0 Å². The lowest BCUT2D eigenvalue weighted by atomic mass is 9.71. The van der Waals surface area contributed by atoms with Crippen LogP contribution >= 0.6 is 0 Å². The summed E-state index contributed by atoms with van der Waals surface area (Å²) in [5, 5.41) is 101. The average molecular weight is 671 g/mol. The van der Waals surface area contributed by atoms with Gasteiger partial charge in [0, 0.05) is 29.9 Å². The summed E-state index contributed by atoms with van der Waals surface area (Å²) in [5.41, 5.74) is -1.15. The topological polar surface area (TPSA) is 289 Å². The number of carboxylic acids is 2. The second kappa shape index (κ2) is 13.0. The fraction of sp³-hybridized carbons (Fsp3) is 0.312. The molecule has 2 aromatic carbocycles. The number of aliphatic carboxylic acids is 2. The normalized spacial score (nSPS) is 28.2. The maximum atomic E-state index is 14.1. The second-order valence-corrected chi connectivity index (χ2v) is 11.6. The molecule has 48 heavy (non-hydrogen) atoms. The first-order valence-electron chi connectivity index (χ1n) is 14.4. The van der Waals surface area contributed by atoms with E-state index in [9.17, 15) is 70.2 Å². The molecule has 2 aromatic rings. The highest BCUT2D eigenvalue weighted by Gasteiger charge is 2.46. The van der Waals surface area contributed by atoms with E-state index in [0.29, 0.717) is 0 Å². The summed E-state index contributed by atoms with van der Waals surface area (Å²) in [4.78, 5) is 51.2. The van der Waals surface area contributed by atoms with Gasteiger partial charge in [0.2, 0.25) is 0 Å². The minimum absolute atomic E-state index is 0.0385. The lowest BCUT2D eigenvalue weighted by molar-refractivity contribution is -0.167. The summed E-state index contributed by atoms with van der Waals surface area (Å²) in [7, 11) is 0. The van der Waals surface area contributed by atoms with Crippen LogP contribution in [0.2, 0.25) is 0 Å². The third kappa shape index (κ3) is 6.41. The highest BCUT2D eigenvalue weighted by molar-refractivity contribution is 6.02. The van der Waals surface area contributed by atoms with Crippen LogP contribution in [0, 0.1) is 5.92 Å². The van der Waals surface area contributed by atoms with Crippen LogP contribution in [0.25, 0.3) is 6.08 Å². The number of phenolic OH excluding ortho intramolecular Hbond substituents is 4. The molecule has 0 heterocycles. The number of esters is 2. The van der Waals surface area contributed by atoms with Crippen LogP contribution in [0.15, 0.2) is 59.2 Å². The van der Waals surface area contributed by atoms with E-state index in [1.54, 1.807) is 0 Å². The smallest absolute Gasteiger partial charge is 0.335 e. The molecule has 0 saturated heterocycles. The zero-order chi connectivity index (χ0) is 35.2. The number of aliphatic hydroxyl groups is 4. The fourth-order valence-electron chi connectivity index (χ4n) is 6.00. The Balaban J connectivity index is 1.62. The Morgan fingerprint density at radius 2 is 1.19 bits per heavy atom. The first-order chi connectivity index (χ1) is 22.6. The van der Waals surface area contributed by atoms with Gasteiger partial charge in [0.15, 0.2) is 23.0 Å². The van der Waals surface area contributed by atoms with Crippen LogP contribution in [0.5, 0.6) is 23.0 Å². The van der Waals surface area contributed by atoms with Crippen molar-refractivity contribution in [2.75, 3.05) is 0 Å². The van der Waals surface area contributed by atoms with Crippen molar-refractivity contribution in [1.29, 1.82) is 0 Å². The minimum atomic E-state index is -1.82. The van der Waals surface area contributed by atoms with Crippen LogP contribution in [0.3, 0.4) is 0 Å². The molecule has 3 aliphatic carbocycles. The molecule has 0 saturated carbocycles. The van der Waals surface area contributed by atoms with Gasteiger partial charge in [-0.05, 0) is 59.2 Å². The van der Waals surface area contributed by atoms with Gasteiger partial charge < -0.3 is 60.5 Å². The predicted octanol–water partition coefficient (Wildman–Crippen LogP) is -0.249. The van der Waals surface area contributed by atoms with Gasteiger partial charge in [0.05, 0.1) is 11.5 Å². The first-order valence-corrected chi connectivity index (χ1v) is 14.4. The molecule has 3 aliphatic rings. The molecule has 0 radical (unpaired) electrons. The lowest BCUT2D eigenvalue weighted by Gasteiger charge is -2.36. The minimum Gasteiger partial charge on any atom is -0.504 e. The van der Waals surface area contributed by atoms with Crippen molar-refractivity contribution in [3.8, 4) is 23.0 Å². The van der Waals surface area contributed by atoms with Gasteiger partial charge in [-0.3, -0.25) is 4.79 Å². The number of carbonyl (C=O) groups is 4. The van der Waals surface area contributed by atoms with Gasteiger partial charge in [0.1, 0.15) is 36.6 Å². The molecule has 0 amide bonds. The Kier molecular flexibility index (Phi) is 9.19. The standard InChI is InChI=1S/C32H30O16/c33-17-2-1-11(4-18(17)34)25-15-10-20(36)19(35)5-12(15)3-16(31(45)47-23-8-13(29(41)42)6-21(37)27(23)39)26(25)32(46)48-24-9-14(30(43)44)7-22(38)28(24)40/h1-7,10,21-28,33-40H,8-9H2,(H,41,42)(H,43,44)/t21-,22-,23-,24-,25-,26-,27-,28-/m1/s1. The third-order valence-electron chi connectivity index (χ3n) is 8.47. The van der Waals surface area contributed by atoms with Crippen LogP contribution in [-0.4, -0.2) is 112 Å². The van der Waals surface area contributed by atoms with E-state index >= 15 is 0 Å². The fourth-order valence-corrected chi connectivity index (χ4v) is 6.00. The average Bonchev–Trinajstić information content (AvgIpc) is 3.02. The number of carbonyl (C=O) groups excluding carboxylic acids is 2. The summed E-state index contributed by atoms with van der Waals surface area (Å²) in [6.07, 6.45) is -8.64. The van der Waals surface area contributed by atoms with E-state index < -0.39 is 114 Å². The Hall–Kier alpha value is -5.42. The highest BCUT2D eigenvalue weighted by atomic mass is 16.6. The van der Waals surface area contributed by atoms with E-state index in [0.717, 1.165) is 42.5 Å². The van der Waals surface area contributed by atoms with E-state index in [1.807, 2.05) is 0 Å². The number of hydrogen-bond donors (Lipinski definition) is 10. The molecule has 0 bridgehead atoms. The number of hydrogen-bond acceptors (Lipinski definition) is 14. The maximum Gasteiger partial charge on any atom is 0.335 e. The van der Waals surface area contributed by atoms with E-state index in [4.69, 9.17) is 9.47 Å². The molecular formula is C32H30O16. The van der Waals surface area contributed by atoms with Gasteiger partial charge in [-0.25, -0.2) is 14.4 Å². The molecule has 10 N–H and O–H groups in total. The molecule has 0 spiro atoms. The summed E-state index contributed by atoms with van der Waals surface area (Å²) in [6, 6.07) is 5.47. The molecule has 8 atom stereocenters. The molecule has 0 fully saturated rings. The van der Waals surface area contributed by atoms with Gasteiger partial charge in [0.25, 0.3) is 0 Å². The second-order valence-electron chi connectivity index (χ2n) is 11.6. The van der Waals surface area contributed by atoms with Crippen molar-refractivity contribution >= 4 is 30.0 Å². The number of benzene rings is 2. The molecular weight excluding hydrogens is 640 g/mol. The monoisotopic (exact) mass is 670 g/mol. The lowest BCUT2D eigenvalue weighted by Crippen LogP contribution is -2.46. The number of aliphatic hydroxyl groups excluding tert-OH is 4. The summed E-state index contributed by atoms with van der Waals surface area (Å²) >= 11 is 0. The number of carboxylic acid groups (broad SMARTS) is 2. The van der Waals surface area contributed by atoms with Crippen molar-refractivity contribution < 1.29 is 79.7 Å². The number of phenols is 4. The van der Waals surface area contributed by atoms with Crippen molar-refractivity contribution in [3.63, 3.8) is 0 Å². The molecule has 0 aliphatic heterocycles. The van der Waals surface area contributed by atoms with E-state index in [-0.39, 0.29) is 27.8 Å². The van der Waals surface area contributed by atoms with Crippen LogP contribution in [0.1, 0.15) is 35.4 Å². The third-order valence-corrected chi connectivity index (χ3v) is 8.47. The van der Waals surface area contributed by atoms with Crippen LogP contribution in [0.4, 0.5) is 0 Å². The molecule has 16 nitrogen and oxygen atoms in total. The molecule has 0 aromatic heterocycles. The Labute approximate surface area is 270 Å². The van der Waals surface area contributed by atoms with Gasteiger partial charge in [-0.2, -0.15) is 0 Å². The summed E-state index contributed by atoms with van der Waals surface area (Å²) in [5.74, 6) is -11.3. The summed E-state index contributed by atoms with van der Waals surface area (Å²) in [6.45, 7) is 0. The molecule has 254 valence electrons. The summed E-state index contributed by atoms with van der Waals surface area (Å²) < 4.78 is 11.0. The number of rotatable bonds is 7. The van der Waals surface area contributed by atoms with Gasteiger partial charge in [-0.15, -0.1) is 0 Å². The largest absolute Gasteiger partial charge is 0.504 e. The molecule has 5 rings (SSSR count). The van der Waals surface area contributed by atoms with Crippen molar-refractivity contribution in [1.82, 2.24) is 0 Å². The highest BCUT2D eigenvalue weighted by Crippen LogP contribution is 2.48. The first kappa shape index (κ1) is 33.9. The number of fused-ring (bicyclic) bond motifs is 1. The van der Waals surface area contributed by atoms with Gasteiger partial charge >= 0.3 is 23.9 Å². The number of aromatic hydroxyl groups is 4. The van der Waals surface area contributed by atoms with Crippen molar-refractivity contribution in [2.24, 2.45) is 5.92 Å². The zero-order valence-corrected chi connectivity index (χ0v) is 24.6. The molecule has 16 heteroatoms. The number of ether oxygens (including phenoxy) is 2. The Bertz CT molecular complexity index is 1770.